The van der Waals surface area contributed by atoms with Crippen LogP contribution in [0.4, 0.5) is 4.39 Å². The molecular formula is C22H25FN2O4. The highest BCUT2D eigenvalue weighted by Gasteiger charge is 2.41. The van der Waals surface area contributed by atoms with Crippen molar-refractivity contribution in [3.05, 3.63) is 59.3 Å². The van der Waals surface area contributed by atoms with Crippen LogP contribution in [0.5, 0.6) is 0 Å². The Kier molecular flexibility index (Phi) is 5.41. The van der Waals surface area contributed by atoms with Crippen molar-refractivity contribution >= 4 is 11.8 Å². The fourth-order valence-electron chi connectivity index (χ4n) is 4.11. The molecule has 0 N–H and O–H groups in total. The summed E-state index contributed by atoms with van der Waals surface area (Å²) >= 11 is 0. The summed E-state index contributed by atoms with van der Waals surface area (Å²) in [6.45, 7) is 4.26. The molecule has 2 fully saturated rings. The third kappa shape index (κ3) is 4.19. The first kappa shape index (κ1) is 19.6. The van der Waals surface area contributed by atoms with Gasteiger partial charge in [0.1, 0.15) is 5.82 Å². The minimum Gasteiger partial charge on any atom is -0.459 e. The third-order valence-corrected chi connectivity index (χ3v) is 5.96. The average Bonchev–Trinajstić information content (AvgIpc) is 3.20. The number of hydrogen-bond donors (Lipinski definition) is 0. The number of likely N-dealkylation sites (tertiary alicyclic amines) is 1. The average molecular weight is 400 g/mol. The lowest BCUT2D eigenvalue weighted by atomic mass is 9.87. The van der Waals surface area contributed by atoms with Gasteiger partial charge < -0.3 is 19.0 Å². The Labute approximate surface area is 169 Å². The molecule has 7 heteroatoms. The fourth-order valence-corrected chi connectivity index (χ4v) is 4.11. The van der Waals surface area contributed by atoms with Gasteiger partial charge in [0.25, 0.3) is 5.91 Å². The summed E-state index contributed by atoms with van der Waals surface area (Å²) in [5, 5.41) is 0. The number of nitrogens with zero attached hydrogens (tertiary/aromatic N) is 2. The lowest BCUT2D eigenvalue weighted by molar-refractivity contribution is -0.135. The molecular weight excluding hydrogens is 375 g/mol. The Morgan fingerprint density at radius 3 is 2.72 bits per heavy atom. The Morgan fingerprint density at radius 2 is 2.00 bits per heavy atom. The van der Waals surface area contributed by atoms with Gasteiger partial charge in [-0.1, -0.05) is 6.07 Å². The van der Waals surface area contributed by atoms with Crippen molar-refractivity contribution in [3.8, 4) is 0 Å². The molecule has 3 heterocycles. The van der Waals surface area contributed by atoms with Crippen LogP contribution in [0.2, 0.25) is 0 Å². The van der Waals surface area contributed by atoms with Crippen LogP contribution in [0, 0.1) is 12.7 Å². The van der Waals surface area contributed by atoms with E-state index in [4.69, 9.17) is 9.15 Å². The second-order valence-corrected chi connectivity index (χ2v) is 7.86. The molecule has 0 aliphatic carbocycles. The number of carbonyl (C=O) groups excluding carboxylic acids is 2. The molecule has 2 amide bonds. The highest BCUT2D eigenvalue weighted by molar-refractivity contribution is 5.91. The van der Waals surface area contributed by atoms with Crippen molar-refractivity contribution in [1.82, 2.24) is 9.80 Å². The van der Waals surface area contributed by atoms with Gasteiger partial charge in [-0.25, -0.2) is 4.39 Å². The maximum absolute atomic E-state index is 13.6. The van der Waals surface area contributed by atoms with Crippen LogP contribution in [0.3, 0.4) is 0 Å². The van der Waals surface area contributed by atoms with Gasteiger partial charge in [-0.05, 0) is 55.2 Å². The summed E-state index contributed by atoms with van der Waals surface area (Å²) in [5.74, 6) is -0.0883. The summed E-state index contributed by atoms with van der Waals surface area (Å²) in [6, 6.07) is 8.00. The molecule has 1 aromatic carbocycles. The van der Waals surface area contributed by atoms with Gasteiger partial charge in [-0.2, -0.15) is 0 Å². The predicted octanol–water partition coefficient (Wildman–Crippen LogP) is 3.15. The quantitative estimate of drug-likeness (QED) is 0.794. The van der Waals surface area contributed by atoms with Crippen LogP contribution in [-0.4, -0.2) is 53.5 Å². The minimum atomic E-state index is -0.539. The van der Waals surface area contributed by atoms with Crippen LogP contribution < -0.4 is 0 Å². The van der Waals surface area contributed by atoms with E-state index in [1.165, 1.54) is 18.4 Å². The van der Waals surface area contributed by atoms with Gasteiger partial charge in [-0.15, -0.1) is 0 Å². The second-order valence-electron chi connectivity index (χ2n) is 7.86. The van der Waals surface area contributed by atoms with Gasteiger partial charge in [0.2, 0.25) is 5.91 Å². The number of piperidine rings is 1. The van der Waals surface area contributed by atoms with Crippen LogP contribution in [0.25, 0.3) is 0 Å². The van der Waals surface area contributed by atoms with E-state index in [2.05, 4.69) is 0 Å². The summed E-state index contributed by atoms with van der Waals surface area (Å²) in [7, 11) is 0. The molecule has 29 heavy (non-hydrogen) atoms. The fraction of sp³-hybridized carbons (Fsp3) is 0.455. The van der Waals surface area contributed by atoms with Gasteiger partial charge >= 0.3 is 0 Å². The van der Waals surface area contributed by atoms with Crippen molar-refractivity contribution in [2.45, 2.75) is 38.3 Å². The van der Waals surface area contributed by atoms with Crippen molar-refractivity contribution in [2.75, 3.05) is 26.2 Å². The SMILES string of the molecule is Cc1ccc(F)cc1CN1CCOC2(CCN(C(=O)c3ccco3)CC2)CC1=O. The van der Waals surface area contributed by atoms with Crippen LogP contribution in [-0.2, 0) is 16.1 Å². The number of aryl methyl sites for hydroxylation is 1. The summed E-state index contributed by atoms with van der Waals surface area (Å²) < 4.78 is 24.9. The Bertz CT molecular complexity index is 888. The molecule has 2 saturated heterocycles. The van der Waals surface area contributed by atoms with Gasteiger partial charge in [0, 0.05) is 26.2 Å². The number of rotatable bonds is 3. The molecule has 2 aliphatic rings. The maximum atomic E-state index is 13.6. The van der Waals surface area contributed by atoms with Crippen molar-refractivity contribution in [3.63, 3.8) is 0 Å². The smallest absolute Gasteiger partial charge is 0.289 e. The zero-order valence-electron chi connectivity index (χ0n) is 16.5. The number of furan rings is 1. The largest absolute Gasteiger partial charge is 0.459 e. The van der Waals surface area contributed by atoms with E-state index in [-0.39, 0.29) is 24.1 Å². The van der Waals surface area contributed by atoms with Crippen molar-refractivity contribution < 1.29 is 23.1 Å². The number of ether oxygens (including phenoxy) is 1. The summed E-state index contributed by atoms with van der Waals surface area (Å²) in [6.07, 6.45) is 2.99. The van der Waals surface area contributed by atoms with Gasteiger partial charge in [0.05, 0.1) is 24.9 Å². The first-order chi connectivity index (χ1) is 14.0. The zero-order chi connectivity index (χ0) is 20.4. The third-order valence-electron chi connectivity index (χ3n) is 5.96. The standard InChI is InChI=1S/C22H25FN2O4/c1-16-4-5-18(23)13-17(16)15-25-10-12-29-22(14-20(25)26)6-8-24(9-7-22)21(27)19-3-2-11-28-19/h2-5,11,13H,6-10,12,14-15H2,1H3. The van der Waals surface area contributed by atoms with E-state index in [1.54, 1.807) is 28.0 Å². The Hall–Kier alpha value is -2.67. The zero-order valence-corrected chi connectivity index (χ0v) is 16.5. The van der Waals surface area contributed by atoms with Crippen molar-refractivity contribution in [2.24, 2.45) is 0 Å². The summed E-state index contributed by atoms with van der Waals surface area (Å²) in [5.41, 5.74) is 1.24. The normalized spacial score (nSPS) is 19.4. The van der Waals surface area contributed by atoms with E-state index >= 15 is 0 Å². The van der Waals surface area contributed by atoms with Gasteiger partial charge in [-0.3, -0.25) is 9.59 Å². The Balaban J connectivity index is 1.40. The molecule has 6 nitrogen and oxygen atoms in total. The number of hydrogen-bond acceptors (Lipinski definition) is 4. The van der Waals surface area contributed by atoms with E-state index in [0.717, 1.165) is 11.1 Å². The topological polar surface area (TPSA) is 63.0 Å². The molecule has 1 aromatic heterocycles. The van der Waals surface area contributed by atoms with Crippen LogP contribution in [0.15, 0.2) is 41.0 Å². The Morgan fingerprint density at radius 1 is 1.21 bits per heavy atom. The predicted molar refractivity (Wildman–Crippen MR) is 104 cm³/mol. The first-order valence-corrected chi connectivity index (χ1v) is 9.95. The molecule has 0 unspecified atom stereocenters. The number of benzene rings is 1. The molecule has 0 bridgehead atoms. The summed E-state index contributed by atoms with van der Waals surface area (Å²) in [4.78, 5) is 28.9. The van der Waals surface area contributed by atoms with Gasteiger partial charge in [0.15, 0.2) is 5.76 Å². The highest BCUT2D eigenvalue weighted by atomic mass is 19.1. The molecule has 1 spiro atoms. The molecule has 154 valence electrons. The lowest BCUT2D eigenvalue weighted by Crippen LogP contribution is -2.49. The van der Waals surface area contributed by atoms with E-state index in [1.807, 2.05) is 6.92 Å². The van der Waals surface area contributed by atoms with E-state index < -0.39 is 5.60 Å². The number of amides is 2. The van der Waals surface area contributed by atoms with Crippen LogP contribution >= 0.6 is 0 Å². The molecule has 0 saturated carbocycles. The molecule has 0 atom stereocenters. The number of carbonyl (C=O) groups is 2. The van der Waals surface area contributed by atoms with Crippen LogP contribution in [0.1, 0.15) is 40.9 Å². The van der Waals surface area contributed by atoms with Crippen molar-refractivity contribution in [1.29, 1.82) is 0 Å². The monoisotopic (exact) mass is 400 g/mol. The molecule has 2 aromatic rings. The molecule has 4 rings (SSSR count). The minimum absolute atomic E-state index is 0.0111. The first-order valence-electron chi connectivity index (χ1n) is 9.95. The highest BCUT2D eigenvalue weighted by Crippen LogP contribution is 2.33. The number of halogens is 1. The second kappa shape index (κ2) is 7.99. The maximum Gasteiger partial charge on any atom is 0.289 e. The molecule has 0 radical (unpaired) electrons. The molecule has 2 aliphatic heterocycles. The van der Waals surface area contributed by atoms with E-state index in [9.17, 15) is 14.0 Å². The lowest BCUT2D eigenvalue weighted by Gasteiger charge is -2.40. The van der Waals surface area contributed by atoms with E-state index in [0.29, 0.717) is 51.4 Å².